The molecular weight excluding hydrogens is 328 g/mol. The lowest BCUT2D eigenvalue weighted by Crippen LogP contribution is -2.06. The monoisotopic (exact) mass is 342 g/mol. The van der Waals surface area contributed by atoms with Crippen molar-refractivity contribution in [1.29, 1.82) is 0 Å². The molecule has 0 aliphatic rings. The van der Waals surface area contributed by atoms with E-state index in [2.05, 4.69) is 62.5 Å². The summed E-state index contributed by atoms with van der Waals surface area (Å²) in [6.45, 7) is 2.15. The van der Waals surface area contributed by atoms with Crippen molar-refractivity contribution in [2.75, 3.05) is 5.32 Å². The summed E-state index contributed by atoms with van der Waals surface area (Å²) in [4.78, 5) is 3.95. The van der Waals surface area contributed by atoms with Crippen LogP contribution in [-0.2, 0) is 0 Å². The summed E-state index contributed by atoms with van der Waals surface area (Å²) in [7, 11) is 0. The van der Waals surface area contributed by atoms with Crippen LogP contribution in [-0.4, -0.2) is 14.8 Å². The molecule has 1 atom stereocenters. The van der Waals surface area contributed by atoms with Crippen molar-refractivity contribution in [2.24, 2.45) is 0 Å². The maximum atomic E-state index is 4.11. The number of hydrogen-bond acceptors (Lipinski definition) is 3. The zero-order chi connectivity index (χ0) is 14.7. The van der Waals surface area contributed by atoms with Gasteiger partial charge in [-0.25, -0.2) is 9.67 Å². The Balaban J connectivity index is 1.71. The molecule has 0 saturated carbocycles. The molecule has 3 aromatic rings. The van der Waals surface area contributed by atoms with Crippen LogP contribution in [0.2, 0.25) is 0 Å². The Bertz CT molecular complexity index is 690. The van der Waals surface area contributed by atoms with Gasteiger partial charge in [-0.15, -0.1) is 0 Å². The van der Waals surface area contributed by atoms with Crippen molar-refractivity contribution >= 4 is 21.6 Å². The lowest BCUT2D eigenvalue weighted by atomic mass is 10.1. The molecule has 1 unspecified atom stereocenters. The van der Waals surface area contributed by atoms with Crippen molar-refractivity contribution in [2.45, 2.75) is 13.0 Å². The van der Waals surface area contributed by atoms with E-state index in [1.165, 1.54) is 11.9 Å². The van der Waals surface area contributed by atoms with Crippen molar-refractivity contribution in [3.05, 3.63) is 71.2 Å². The molecule has 106 valence electrons. The molecule has 0 radical (unpaired) electrons. The van der Waals surface area contributed by atoms with Gasteiger partial charge in [-0.05, 0) is 48.9 Å². The number of anilines is 1. The second-order valence-electron chi connectivity index (χ2n) is 4.80. The van der Waals surface area contributed by atoms with Crippen molar-refractivity contribution in [3.8, 4) is 5.69 Å². The summed E-state index contributed by atoms with van der Waals surface area (Å²) < 4.78 is 2.83. The molecule has 2 aromatic carbocycles. The average Bonchev–Trinajstić information content (AvgIpc) is 3.03. The van der Waals surface area contributed by atoms with Gasteiger partial charge in [0.2, 0.25) is 0 Å². The van der Waals surface area contributed by atoms with Gasteiger partial charge in [0.1, 0.15) is 12.7 Å². The predicted molar refractivity (Wildman–Crippen MR) is 87.5 cm³/mol. The van der Waals surface area contributed by atoms with E-state index in [0.717, 1.165) is 15.8 Å². The van der Waals surface area contributed by atoms with Crippen LogP contribution in [0, 0.1) is 0 Å². The largest absolute Gasteiger partial charge is 0.379 e. The second kappa shape index (κ2) is 6.10. The predicted octanol–water partition coefficient (Wildman–Crippen LogP) is 4.20. The van der Waals surface area contributed by atoms with Gasteiger partial charge in [-0.2, -0.15) is 5.10 Å². The zero-order valence-electron chi connectivity index (χ0n) is 11.6. The van der Waals surface area contributed by atoms with E-state index < -0.39 is 0 Å². The maximum Gasteiger partial charge on any atom is 0.138 e. The van der Waals surface area contributed by atoms with E-state index in [1.807, 2.05) is 24.3 Å². The third-order valence-corrected chi connectivity index (χ3v) is 3.83. The topological polar surface area (TPSA) is 42.7 Å². The van der Waals surface area contributed by atoms with Crippen LogP contribution in [0.25, 0.3) is 5.69 Å². The minimum Gasteiger partial charge on any atom is -0.379 e. The summed E-state index contributed by atoms with van der Waals surface area (Å²) in [6.07, 6.45) is 3.22. The Morgan fingerprint density at radius 3 is 2.38 bits per heavy atom. The molecule has 3 rings (SSSR count). The van der Waals surface area contributed by atoms with Crippen LogP contribution in [0.4, 0.5) is 5.69 Å². The Hall–Kier alpha value is -2.14. The molecule has 1 N–H and O–H groups in total. The molecule has 0 aliphatic heterocycles. The number of benzene rings is 2. The summed E-state index contributed by atoms with van der Waals surface area (Å²) in [5.41, 5.74) is 3.32. The standard InChI is InChI=1S/C16H15BrN4/c1-12(13-2-4-14(17)5-3-13)20-15-6-8-16(9-7-15)21-11-18-10-19-21/h2-12,20H,1H3. The van der Waals surface area contributed by atoms with Crippen molar-refractivity contribution < 1.29 is 0 Å². The van der Waals surface area contributed by atoms with Gasteiger partial charge in [0.15, 0.2) is 0 Å². The van der Waals surface area contributed by atoms with Crippen LogP contribution >= 0.6 is 15.9 Å². The maximum absolute atomic E-state index is 4.11. The quantitative estimate of drug-likeness (QED) is 0.772. The number of nitrogens with one attached hydrogen (secondary N) is 1. The molecule has 0 saturated heterocycles. The van der Waals surface area contributed by atoms with Gasteiger partial charge in [0, 0.05) is 16.2 Å². The SMILES string of the molecule is CC(Nc1ccc(-n2cncn2)cc1)c1ccc(Br)cc1. The van der Waals surface area contributed by atoms with E-state index in [-0.39, 0.29) is 6.04 Å². The van der Waals surface area contributed by atoms with Crippen LogP contribution in [0.15, 0.2) is 65.7 Å². The minimum atomic E-state index is 0.246. The van der Waals surface area contributed by atoms with E-state index in [1.54, 1.807) is 11.0 Å². The molecule has 1 heterocycles. The normalized spacial score (nSPS) is 12.1. The van der Waals surface area contributed by atoms with Gasteiger partial charge in [0.05, 0.1) is 5.69 Å². The molecule has 21 heavy (non-hydrogen) atoms. The molecule has 0 spiro atoms. The van der Waals surface area contributed by atoms with E-state index in [4.69, 9.17) is 0 Å². The number of nitrogens with zero attached hydrogens (tertiary/aromatic N) is 3. The molecular formula is C16H15BrN4. The Morgan fingerprint density at radius 2 is 1.76 bits per heavy atom. The molecule has 5 heteroatoms. The number of aromatic nitrogens is 3. The van der Waals surface area contributed by atoms with Crippen LogP contribution in [0.5, 0.6) is 0 Å². The van der Waals surface area contributed by atoms with Gasteiger partial charge in [-0.1, -0.05) is 28.1 Å². The molecule has 1 aromatic heterocycles. The third-order valence-electron chi connectivity index (χ3n) is 3.30. The van der Waals surface area contributed by atoms with Gasteiger partial charge < -0.3 is 5.32 Å². The van der Waals surface area contributed by atoms with Crippen molar-refractivity contribution in [3.63, 3.8) is 0 Å². The van der Waals surface area contributed by atoms with Crippen molar-refractivity contribution in [1.82, 2.24) is 14.8 Å². The van der Waals surface area contributed by atoms with E-state index >= 15 is 0 Å². The summed E-state index contributed by atoms with van der Waals surface area (Å²) in [5.74, 6) is 0. The van der Waals surface area contributed by atoms with Crippen LogP contribution < -0.4 is 5.32 Å². The first-order valence-corrected chi connectivity index (χ1v) is 7.49. The fourth-order valence-electron chi connectivity index (χ4n) is 2.14. The average molecular weight is 343 g/mol. The van der Waals surface area contributed by atoms with E-state index in [0.29, 0.717) is 0 Å². The number of hydrogen-bond donors (Lipinski definition) is 1. The van der Waals surface area contributed by atoms with Gasteiger partial charge in [-0.3, -0.25) is 0 Å². The Kier molecular flexibility index (Phi) is 4.01. The van der Waals surface area contributed by atoms with Crippen LogP contribution in [0.1, 0.15) is 18.5 Å². The third kappa shape index (κ3) is 3.31. The molecule has 0 bridgehead atoms. The fourth-order valence-corrected chi connectivity index (χ4v) is 2.40. The highest BCUT2D eigenvalue weighted by atomic mass is 79.9. The van der Waals surface area contributed by atoms with Crippen LogP contribution in [0.3, 0.4) is 0 Å². The summed E-state index contributed by atoms with van der Waals surface area (Å²) in [5, 5.41) is 7.60. The first kappa shape index (κ1) is 13.8. The fraction of sp³-hybridized carbons (Fsp3) is 0.125. The molecule has 4 nitrogen and oxygen atoms in total. The summed E-state index contributed by atoms with van der Waals surface area (Å²) in [6, 6.07) is 16.7. The highest BCUT2D eigenvalue weighted by Gasteiger charge is 2.05. The van der Waals surface area contributed by atoms with E-state index in [9.17, 15) is 0 Å². The first-order valence-electron chi connectivity index (χ1n) is 6.69. The van der Waals surface area contributed by atoms with Gasteiger partial charge in [0.25, 0.3) is 0 Å². The lowest BCUT2D eigenvalue weighted by Gasteiger charge is -2.16. The molecule has 0 aliphatic carbocycles. The number of halogens is 1. The molecule has 0 amide bonds. The minimum absolute atomic E-state index is 0.246. The highest BCUT2D eigenvalue weighted by molar-refractivity contribution is 9.10. The summed E-state index contributed by atoms with van der Waals surface area (Å²) >= 11 is 3.45. The lowest BCUT2D eigenvalue weighted by molar-refractivity contribution is 0.872. The second-order valence-corrected chi connectivity index (χ2v) is 5.72. The Labute approximate surface area is 132 Å². The first-order chi connectivity index (χ1) is 10.2. The smallest absolute Gasteiger partial charge is 0.138 e. The molecule has 0 fully saturated rings. The number of rotatable bonds is 4. The highest BCUT2D eigenvalue weighted by Crippen LogP contribution is 2.21. The van der Waals surface area contributed by atoms with Gasteiger partial charge >= 0.3 is 0 Å². The zero-order valence-corrected chi connectivity index (χ0v) is 13.2. The Morgan fingerprint density at radius 1 is 1.05 bits per heavy atom.